The molecule has 0 fully saturated rings. The first-order chi connectivity index (χ1) is 10.7. The molecule has 0 bridgehead atoms. The molecule has 5 heteroatoms. The van der Waals surface area contributed by atoms with E-state index in [2.05, 4.69) is 4.72 Å². The van der Waals surface area contributed by atoms with Gasteiger partial charge in [-0.3, -0.25) is 0 Å². The van der Waals surface area contributed by atoms with Crippen LogP contribution in [-0.2, 0) is 10.0 Å². The molecule has 0 saturated heterocycles. The Labute approximate surface area is 137 Å². The molecule has 1 atom stereocenters. The lowest BCUT2D eigenvalue weighted by atomic mass is 10.0. The third-order valence-electron chi connectivity index (χ3n) is 4.08. The van der Waals surface area contributed by atoms with E-state index in [1.807, 2.05) is 39.0 Å². The number of hydrogen-bond acceptors (Lipinski definition) is 2. The summed E-state index contributed by atoms with van der Waals surface area (Å²) < 4.78 is 41.2. The molecule has 1 N–H and O–H groups in total. The van der Waals surface area contributed by atoms with Gasteiger partial charge in [0.2, 0.25) is 10.0 Å². The Morgan fingerprint density at radius 1 is 1.00 bits per heavy atom. The number of hydrogen-bond donors (Lipinski definition) is 1. The quantitative estimate of drug-likeness (QED) is 0.891. The summed E-state index contributed by atoms with van der Waals surface area (Å²) in [5, 5.41) is 0. The molecule has 2 aromatic rings. The molecule has 0 aliphatic rings. The van der Waals surface area contributed by atoms with Gasteiger partial charge in [-0.25, -0.2) is 17.5 Å². The molecule has 0 saturated carbocycles. The van der Waals surface area contributed by atoms with Gasteiger partial charge < -0.3 is 0 Å². The number of sulfonamides is 1. The summed E-state index contributed by atoms with van der Waals surface area (Å²) in [6.45, 7) is 7.50. The van der Waals surface area contributed by atoms with Gasteiger partial charge in [0, 0.05) is 6.04 Å². The predicted molar refractivity (Wildman–Crippen MR) is 90.4 cm³/mol. The van der Waals surface area contributed by atoms with Crippen molar-refractivity contribution in [1.29, 1.82) is 0 Å². The Hall–Kier alpha value is -1.72. The highest BCUT2D eigenvalue weighted by Crippen LogP contribution is 2.23. The summed E-state index contributed by atoms with van der Waals surface area (Å²) in [5.74, 6) is -0.412. The van der Waals surface area contributed by atoms with Gasteiger partial charge in [-0.15, -0.1) is 0 Å². The molecular weight excluding hydrogens is 313 g/mol. The number of nitrogens with one attached hydrogen (secondary N) is 1. The summed E-state index contributed by atoms with van der Waals surface area (Å²) in [4.78, 5) is 0.0821. The van der Waals surface area contributed by atoms with Crippen LogP contribution in [0.3, 0.4) is 0 Å². The highest BCUT2D eigenvalue weighted by Gasteiger charge is 2.21. The number of aryl methyl sites for hydroxylation is 3. The molecule has 0 aliphatic heterocycles. The van der Waals surface area contributed by atoms with Crippen molar-refractivity contribution in [2.24, 2.45) is 0 Å². The van der Waals surface area contributed by atoms with Gasteiger partial charge in [0.15, 0.2) is 0 Å². The van der Waals surface area contributed by atoms with Crippen LogP contribution in [0.5, 0.6) is 0 Å². The van der Waals surface area contributed by atoms with E-state index in [1.165, 1.54) is 23.8 Å². The third kappa shape index (κ3) is 3.98. The second-order valence-electron chi connectivity index (χ2n) is 5.84. The van der Waals surface area contributed by atoms with Crippen molar-refractivity contribution in [3.8, 4) is 0 Å². The van der Waals surface area contributed by atoms with E-state index in [0.29, 0.717) is 12.0 Å². The van der Waals surface area contributed by atoms with Gasteiger partial charge >= 0.3 is 0 Å². The van der Waals surface area contributed by atoms with Crippen molar-refractivity contribution in [3.05, 3.63) is 64.5 Å². The van der Waals surface area contributed by atoms with Crippen LogP contribution in [0.1, 0.15) is 41.6 Å². The Balaban J connectivity index is 2.32. The van der Waals surface area contributed by atoms with E-state index in [-0.39, 0.29) is 10.9 Å². The van der Waals surface area contributed by atoms with Gasteiger partial charge in [0.05, 0.1) is 4.90 Å². The maximum atomic E-state index is 13.3. The number of rotatable bonds is 5. The molecule has 3 nitrogen and oxygen atoms in total. The minimum atomic E-state index is -3.70. The first-order valence-corrected chi connectivity index (χ1v) is 9.08. The Morgan fingerprint density at radius 3 is 2.26 bits per heavy atom. The average Bonchev–Trinajstić information content (AvgIpc) is 2.50. The van der Waals surface area contributed by atoms with E-state index < -0.39 is 15.8 Å². The van der Waals surface area contributed by atoms with Crippen LogP contribution < -0.4 is 4.72 Å². The number of halogens is 1. The van der Waals surface area contributed by atoms with E-state index in [1.54, 1.807) is 6.92 Å². The Bertz CT molecular complexity index is 816. The smallest absolute Gasteiger partial charge is 0.207 e. The summed E-state index contributed by atoms with van der Waals surface area (Å²) >= 11 is 0. The Morgan fingerprint density at radius 2 is 1.70 bits per heavy atom. The predicted octanol–water partition coefficient (Wildman–Crippen LogP) is 4.18. The molecule has 0 heterocycles. The van der Waals surface area contributed by atoms with E-state index in [9.17, 15) is 12.8 Å². The van der Waals surface area contributed by atoms with Crippen molar-refractivity contribution in [2.45, 2.75) is 45.1 Å². The first-order valence-electron chi connectivity index (χ1n) is 7.60. The van der Waals surface area contributed by atoms with Gasteiger partial charge in [-0.2, -0.15) is 0 Å². The molecule has 2 rings (SSSR count). The van der Waals surface area contributed by atoms with Gasteiger partial charge in [-0.05, 0) is 67.6 Å². The van der Waals surface area contributed by atoms with Crippen LogP contribution in [-0.4, -0.2) is 8.42 Å². The lowest BCUT2D eigenvalue weighted by molar-refractivity contribution is 0.549. The normalized spacial score (nSPS) is 13.1. The zero-order valence-corrected chi connectivity index (χ0v) is 14.7. The molecule has 0 spiro atoms. The zero-order chi connectivity index (χ0) is 17.2. The van der Waals surface area contributed by atoms with Crippen LogP contribution in [0.4, 0.5) is 4.39 Å². The van der Waals surface area contributed by atoms with Crippen LogP contribution in [0.15, 0.2) is 41.3 Å². The fourth-order valence-electron chi connectivity index (χ4n) is 2.41. The summed E-state index contributed by atoms with van der Waals surface area (Å²) in [5.41, 5.74) is 3.53. The van der Waals surface area contributed by atoms with E-state index in [0.717, 1.165) is 11.1 Å². The zero-order valence-electron chi connectivity index (χ0n) is 13.9. The molecule has 0 radical (unpaired) electrons. The summed E-state index contributed by atoms with van der Waals surface area (Å²) in [6, 6.07) is 9.44. The largest absolute Gasteiger partial charge is 0.241 e. The maximum absolute atomic E-state index is 13.3. The van der Waals surface area contributed by atoms with E-state index in [4.69, 9.17) is 0 Å². The highest BCUT2D eigenvalue weighted by molar-refractivity contribution is 7.89. The molecule has 23 heavy (non-hydrogen) atoms. The minimum absolute atomic E-state index is 0.0821. The van der Waals surface area contributed by atoms with Crippen molar-refractivity contribution < 1.29 is 12.8 Å². The number of benzene rings is 2. The molecule has 0 unspecified atom stereocenters. The summed E-state index contributed by atoms with van der Waals surface area (Å²) in [6.07, 6.45) is 0.627. The molecule has 0 aliphatic carbocycles. The second kappa shape index (κ2) is 6.81. The topological polar surface area (TPSA) is 46.2 Å². The molecular formula is C18H22FNO2S. The fraction of sp³-hybridized carbons (Fsp3) is 0.333. The molecule has 124 valence electrons. The second-order valence-corrected chi connectivity index (χ2v) is 7.55. The van der Waals surface area contributed by atoms with Crippen molar-refractivity contribution in [2.75, 3.05) is 0 Å². The van der Waals surface area contributed by atoms with E-state index >= 15 is 0 Å². The lowest BCUT2D eigenvalue weighted by Crippen LogP contribution is -2.28. The lowest BCUT2D eigenvalue weighted by Gasteiger charge is -2.19. The average molecular weight is 335 g/mol. The minimum Gasteiger partial charge on any atom is -0.207 e. The highest BCUT2D eigenvalue weighted by atomic mass is 32.2. The monoisotopic (exact) mass is 335 g/mol. The van der Waals surface area contributed by atoms with Crippen LogP contribution in [0.2, 0.25) is 0 Å². The maximum Gasteiger partial charge on any atom is 0.241 e. The first kappa shape index (κ1) is 17.6. The van der Waals surface area contributed by atoms with Gasteiger partial charge in [0.25, 0.3) is 0 Å². The Kier molecular flexibility index (Phi) is 5.22. The molecule has 0 aromatic heterocycles. The van der Waals surface area contributed by atoms with Crippen LogP contribution >= 0.6 is 0 Å². The fourth-order valence-corrected chi connectivity index (χ4v) is 3.80. The third-order valence-corrected chi connectivity index (χ3v) is 5.55. The SMILES string of the molecule is CC[C@@H](NS(=O)(=O)c1ccc(F)c(C)c1)c1ccc(C)c(C)c1. The molecule has 2 aromatic carbocycles. The van der Waals surface area contributed by atoms with Gasteiger partial charge in [-0.1, -0.05) is 25.1 Å². The van der Waals surface area contributed by atoms with Crippen LogP contribution in [0.25, 0.3) is 0 Å². The molecule has 0 amide bonds. The van der Waals surface area contributed by atoms with Gasteiger partial charge in [0.1, 0.15) is 5.82 Å². The summed E-state index contributed by atoms with van der Waals surface area (Å²) in [7, 11) is -3.70. The van der Waals surface area contributed by atoms with Crippen LogP contribution in [0, 0.1) is 26.6 Å². The van der Waals surface area contributed by atoms with Crippen molar-refractivity contribution in [1.82, 2.24) is 4.72 Å². The standard InChI is InChI=1S/C18H22FNO2S/c1-5-18(15-7-6-12(2)13(3)10-15)20-23(21,22)16-8-9-17(19)14(4)11-16/h6-11,18,20H,5H2,1-4H3/t18-/m1/s1. The van der Waals surface area contributed by atoms with Crippen molar-refractivity contribution >= 4 is 10.0 Å². The van der Waals surface area contributed by atoms with Crippen molar-refractivity contribution in [3.63, 3.8) is 0 Å².